The molecule has 1 fully saturated rings. The van der Waals surface area contributed by atoms with Crippen LogP contribution in [0, 0.1) is 5.92 Å². The minimum absolute atomic E-state index is 0.186. The molecule has 2 bridgehead atoms. The van der Waals surface area contributed by atoms with Crippen molar-refractivity contribution in [2.24, 2.45) is 5.92 Å². The van der Waals surface area contributed by atoms with Crippen LogP contribution in [0.4, 0.5) is 0 Å². The number of rotatable bonds is 9. The topological polar surface area (TPSA) is 31.4 Å². The SMILES string of the molecule is C[N+](C)(CCCOc1ccccc1)Cc1nc(C2(c3ccccc3)O[C@@H]3C=CCC2C3)cs1. The Morgan fingerprint density at radius 2 is 1.85 bits per heavy atom. The normalized spacial score (nSPS) is 24.2. The molecule has 1 aliphatic heterocycles. The summed E-state index contributed by atoms with van der Waals surface area (Å²) < 4.78 is 13.5. The van der Waals surface area contributed by atoms with E-state index >= 15 is 0 Å². The molecule has 2 aromatic carbocycles. The van der Waals surface area contributed by atoms with Gasteiger partial charge in [0, 0.05) is 17.7 Å². The van der Waals surface area contributed by atoms with E-state index in [1.54, 1.807) is 11.3 Å². The molecule has 4 nitrogen and oxygen atoms in total. The predicted octanol–water partition coefficient (Wildman–Crippen LogP) is 5.80. The molecule has 172 valence electrons. The highest BCUT2D eigenvalue weighted by molar-refractivity contribution is 7.09. The monoisotopic (exact) mass is 461 g/mol. The van der Waals surface area contributed by atoms with Crippen molar-refractivity contribution in [3.05, 3.63) is 94.5 Å². The predicted molar refractivity (Wildman–Crippen MR) is 133 cm³/mol. The Bertz CT molecular complexity index is 1080. The highest BCUT2D eigenvalue weighted by Gasteiger charge is 2.52. The van der Waals surface area contributed by atoms with Gasteiger partial charge in [-0.05, 0) is 30.5 Å². The second-order valence-electron chi connectivity index (χ2n) is 9.81. The van der Waals surface area contributed by atoms with Crippen LogP contribution in [0.3, 0.4) is 0 Å². The van der Waals surface area contributed by atoms with Crippen molar-refractivity contribution in [1.29, 1.82) is 0 Å². The fourth-order valence-corrected chi connectivity index (χ4v) is 6.26. The molecule has 0 amide bonds. The van der Waals surface area contributed by atoms with Crippen molar-refractivity contribution >= 4 is 11.3 Å². The number of hydrogen-bond acceptors (Lipinski definition) is 4. The molecule has 0 radical (unpaired) electrons. The van der Waals surface area contributed by atoms with Crippen LogP contribution in [0.15, 0.2) is 78.2 Å². The van der Waals surface area contributed by atoms with Gasteiger partial charge in [-0.2, -0.15) is 0 Å². The van der Waals surface area contributed by atoms with Crippen LogP contribution in [-0.2, 0) is 16.9 Å². The van der Waals surface area contributed by atoms with Crippen LogP contribution in [0.2, 0.25) is 0 Å². The van der Waals surface area contributed by atoms with Crippen LogP contribution >= 0.6 is 11.3 Å². The summed E-state index contributed by atoms with van der Waals surface area (Å²) in [5.74, 6) is 1.37. The van der Waals surface area contributed by atoms with Gasteiger partial charge in [0.15, 0.2) is 0 Å². The van der Waals surface area contributed by atoms with Crippen LogP contribution in [0.1, 0.15) is 35.5 Å². The Balaban J connectivity index is 1.27. The number of aromatic nitrogens is 1. The molecule has 33 heavy (non-hydrogen) atoms. The number of nitrogens with zero attached hydrogens (tertiary/aromatic N) is 2. The molecule has 2 aliphatic rings. The average Bonchev–Trinajstić information content (AvgIpc) is 3.39. The van der Waals surface area contributed by atoms with Gasteiger partial charge < -0.3 is 14.0 Å². The molecule has 5 heteroatoms. The maximum Gasteiger partial charge on any atom is 0.148 e. The first-order valence-corrected chi connectivity index (χ1v) is 12.8. The van der Waals surface area contributed by atoms with Crippen LogP contribution in [0.5, 0.6) is 5.75 Å². The van der Waals surface area contributed by atoms with E-state index in [9.17, 15) is 0 Å². The zero-order valence-electron chi connectivity index (χ0n) is 19.5. The number of para-hydroxylation sites is 1. The van der Waals surface area contributed by atoms with E-state index < -0.39 is 5.60 Å². The third kappa shape index (κ3) is 4.77. The molecule has 0 N–H and O–H groups in total. The Morgan fingerprint density at radius 1 is 1.09 bits per heavy atom. The van der Waals surface area contributed by atoms with E-state index in [4.69, 9.17) is 14.5 Å². The standard InChI is InChI=1S/C28H33N2O2S/c1-30(2,17-10-18-31-24-14-7-4-8-15-24)20-27-29-26(21-33-27)28(22-11-5-3-6-12-22)23-13-9-16-25(19-23)32-28/h3-9,11-12,14-16,21,23,25H,10,13,17-20H2,1-2H3/q+1/t23?,25-,28?/m1/s1. The van der Waals surface area contributed by atoms with Gasteiger partial charge in [0.2, 0.25) is 0 Å². The Kier molecular flexibility index (Phi) is 6.37. The number of allylic oxidation sites excluding steroid dienone is 1. The van der Waals surface area contributed by atoms with Gasteiger partial charge in [-0.3, -0.25) is 0 Å². The largest absolute Gasteiger partial charge is 0.493 e. The molecule has 0 spiro atoms. The molecule has 5 rings (SSSR count). The molecule has 1 aromatic heterocycles. The maximum atomic E-state index is 6.75. The van der Waals surface area contributed by atoms with Crippen LogP contribution in [-0.4, -0.2) is 42.8 Å². The minimum Gasteiger partial charge on any atom is -0.493 e. The van der Waals surface area contributed by atoms with E-state index in [-0.39, 0.29) is 6.10 Å². The summed E-state index contributed by atoms with van der Waals surface area (Å²) >= 11 is 1.77. The molecule has 3 atom stereocenters. The summed E-state index contributed by atoms with van der Waals surface area (Å²) in [4.78, 5) is 5.18. The second-order valence-corrected chi connectivity index (χ2v) is 10.8. The van der Waals surface area contributed by atoms with Crippen molar-refractivity contribution in [3.63, 3.8) is 0 Å². The minimum atomic E-state index is -0.440. The smallest absolute Gasteiger partial charge is 0.148 e. The quantitative estimate of drug-likeness (QED) is 0.229. The van der Waals surface area contributed by atoms with Crippen molar-refractivity contribution in [2.75, 3.05) is 27.2 Å². The molecule has 1 aliphatic carbocycles. The van der Waals surface area contributed by atoms with Crippen LogP contribution < -0.4 is 4.74 Å². The molecule has 3 aromatic rings. The lowest BCUT2D eigenvalue weighted by Gasteiger charge is -2.33. The first-order valence-electron chi connectivity index (χ1n) is 11.9. The third-order valence-corrected chi connectivity index (χ3v) is 7.65. The van der Waals surface area contributed by atoms with E-state index in [1.807, 2.05) is 30.3 Å². The summed E-state index contributed by atoms with van der Waals surface area (Å²) in [5.41, 5.74) is 1.87. The first-order chi connectivity index (χ1) is 16.1. The van der Waals surface area contributed by atoms with Crippen molar-refractivity contribution < 1.29 is 14.0 Å². The summed E-state index contributed by atoms with van der Waals surface area (Å²) in [5, 5.41) is 3.41. The number of ether oxygens (including phenoxy) is 2. The summed E-state index contributed by atoms with van der Waals surface area (Å²) in [6.07, 6.45) is 7.82. The summed E-state index contributed by atoms with van der Waals surface area (Å²) in [7, 11) is 4.55. The van der Waals surface area contributed by atoms with Crippen molar-refractivity contribution in [2.45, 2.75) is 37.5 Å². The molecule has 0 saturated carbocycles. The number of thiazole rings is 1. The zero-order valence-corrected chi connectivity index (χ0v) is 20.3. The van der Waals surface area contributed by atoms with Crippen molar-refractivity contribution in [1.82, 2.24) is 4.98 Å². The van der Waals surface area contributed by atoms with Gasteiger partial charge in [-0.15, -0.1) is 11.3 Å². The lowest BCUT2D eigenvalue weighted by atomic mass is 9.76. The number of benzene rings is 2. The van der Waals surface area contributed by atoms with Gasteiger partial charge in [-0.25, -0.2) is 4.98 Å². The first kappa shape index (κ1) is 22.3. The molecular weight excluding hydrogens is 428 g/mol. The lowest BCUT2D eigenvalue weighted by molar-refractivity contribution is -0.903. The Morgan fingerprint density at radius 3 is 2.61 bits per heavy atom. The fourth-order valence-electron chi connectivity index (χ4n) is 5.21. The fraction of sp³-hybridized carbons (Fsp3) is 0.393. The van der Waals surface area contributed by atoms with Gasteiger partial charge in [0.25, 0.3) is 0 Å². The third-order valence-electron chi connectivity index (χ3n) is 6.82. The van der Waals surface area contributed by atoms with Crippen molar-refractivity contribution in [3.8, 4) is 5.75 Å². The van der Waals surface area contributed by atoms with E-state index in [0.29, 0.717) is 5.92 Å². The Hall–Kier alpha value is -2.47. The van der Waals surface area contributed by atoms with Gasteiger partial charge in [-0.1, -0.05) is 60.7 Å². The lowest BCUT2D eigenvalue weighted by Crippen LogP contribution is -2.40. The molecule has 1 saturated heterocycles. The highest BCUT2D eigenvalue weighted by atomic mass is 32.1. The zero-order chi connectivity index (χ0) is 22.7. The van der Waals surface area contributed by atoms with E-state index in [1.165, 1.54) is 10.6 Å². The summed E-state index contributed by atoms with van der Waals surface area (Å²) in [6, 6.07) is 20.7. The Labute approximate surface area is 201 Å². The molecule has 2 unspecified atom stereocenters. The van der Waals surface area contributed by atoms with Gasteiger partial charge >= 0.3 is 0 Å². The van der Waals surface area contributed by atoms with Gasteiger partial charge in [0.05, 0.1) is 39.0 Å². The second kappa shape index (κ2) is 9.41. The number of fused-ring (bicyclic) bond motifs is 2. The van der Waals surface area contributed by atoms with Gasteiger partial charge in [0.1, 0.15) is 22.9 Å². The molecular formula is C28H33N2O2S+. The van der Waals surface area contributed by atoms with E-state index in [2.05, 4.69) is 62.0 Å². The van der Waals surface area contributed by atoms with Crippen LogP contribution in [0.25, 0.3) is 0 Å². The average molecular weight is 462 g/mol. The number of hydrogen-bond donors (Lipinski definition) is 0. The van der Waals surface area contributed by atoms with E-state index in [0.717, 1.165) is 54.9 Å². The highest BCUT2D eigenvalue weighted by Crippen LogP contribution is 2.52. The number of quaternary nitrogens is 1. The summed E-state index contributed by atoms with van der Waals surface area (Å²) in [6.45, 7) is 2.68. The maximum absolute atomic E-state index is 6.75. The molecule has 2 heterocycles.